The number of thiazole rings is 1. The molecule has 1 aromatic heterocycles. The third-order valence-corrected chi connectivity index (χ3v) is 4.19. The monoisotopic (exact) mass is 305 g/mol. The second kappa shape index (κ2) is 6.58. The molecule has 2 aromatic rings. The summed E-state index contributed by atoms with van der Waals surface area (Å²) in [6.07, 6.45) is 0.254. The first-order valence-corrected chi connectivity index (χ1v) is 7.49. The minimum absolute atomic E-state index is 0.00120. The zero-order valence-electron chi connectivity index (χ0n) is 12.4. The summed E-state index contributed by atoms with van der Waals surface area (Å²) < 4.78 is 5.35. The quantitative estimate of drug-likeness (QED) is 0.921. The Labute approximate surface area is 128 Å². The molecule has 0 spiro atoms. The summed E-state index contributed by atoms with van der Waals surface area (Å²) in [4.78, 5) is 18.2. The summed E-state index contributed by atoms with van der Waals surface area (Å²) in [5.74, 6) is 0.779. The third kappa shape index (κ3) is 3.52. The van der Waals surface area contributed by atoms with Gasteiger partial charge in [-0.3, -0.25) is 4.79 Å². The van der Waals surface area contributed by atoms with Crippen LogP contribution >= 0.6 is 11.3 Å². The molecule has 1 unspecified atom stereocenters. The Morgan fingerprint density at radius 2 is 2.19 bits per heavy atom. The van der Waals surface area contributed by atoms with Gasteiger partial charge in [0.2, 0.25) is 5.91 Å². The highest BCUT2D eigenvalue weighted by atomic mass is 32.1. The summed E-state index contributed by atoms with van der Waals surface area (Å²) in [6, 6.07) is 7.63. The molecule has 21 heavy (non-hydrogen) atoms. The Morgan fingerprint density at radius 1 is 1.48 bits per heavy atom. The Hall–Kier alpha value is -2.08. The van der Waals surface area contributed by atoms with E-state index in [1.54, 1.807) is 19.1 Å². The average molecular weight is 305 g/mol. The normalized spacial score (nSPS) is 12.0. The van der Waals surface area contributed by atoms with Crippen LogP contribution < -0.4 is 10.5 Å². The van der Waals surface area contributed by atoms with Crippen molar-refractivity contribution in [3.63, 3.8) is 0 Å². The Bertz CT molecular complexity index is 627. The van der Waals surface area contributed by atoms with Gasteiger partial charge in [0.1, 0.15) is 5.75 Å². The minimum Gasteiger partial charge on any atom is -0.496 e. The zero-order valence-corrected chi connectivity index (χ0v) is 13.2. The number of anilines is 1. The van der Waals surface area contributed by atoms with Crippen LogP contribution in [0.3, 0.4) is 0 Å². The highest BCUT2D eigenvalue weighted by molar-refractivity contribution is 7.13. The molecule has 0 aliphatic heterocycles. The van der Waals surface area contributed by atoms with Crippen LogP contribution in [-0.4, -0.2) is 29.9 Å². The van der Waals surface area contributed by atoms with Crippen LogP contribution in [0.1, 0.15) is 24.2 Å². The van der Waals surface area contributed by atoms with E-state index in [-0.39, 0.29) is 18.4 Å². The highest BCUT2D eigenvalue weighted by Gasteiger charge is 2.20. The summed E-state index contributed by atoms with van der Waals surface area (Å²) >= 11 is 1.34. The SMILES string of the molecule is COc1ccccc1C(C)N(C)C(=O)Cc1csc(N)n1. The predicted octanol–water partition coefficient (Wildman–Crippen LogP) is 2.50. The fourth-order valence-electron chi connectivity index (χ4n) is 2.12. The molecular weight excluding hydrogens is 286 g/mol. The van der Waals surface area contributed by atoms with Crippen LogP contribution in [-0.2, 0) is 11.2 Å². The molecule has 0 bridgehead atoms. The van der Waals surface area contributed by atoms with E-state index in [0.29, 0.717) is 10.8 Å². The van der Waals surface area contributed by atoms with Gasteiger partial charge in [-0.05, 0) is 13.0 Å². The van der Waals surface area contributed by atoms with Gasteiger partial charge in [-0.25, -0.2) is 4.98 Å². The van der Waals surface area contributed by atoms with Crippen molar-refractivity contribution in [1.29, 1.82) is 0 Å². The standard InChI is InChI=1S/C15H19N3O2S/c1-10(12-6-4-5-7-13(12)20-3)18(2)14(19)8-11-9-21-15(16)17-11/h4-7,9-10H,8H2,1-3H3,(H2,16,17). The van der Waals surface area contributed by atoms with E-state index in [4.69, 9.17) is 10.5 Å². The summed E-state index contributed by atoms with van der Waals surface area (Å²) in [5.41, 5.74) is 7.28. The average Bonchev–Trinajstić information content (AvgIpc) is 2.90. The Kier molecular flexibility index (Phi) is 4.80. The van der Waals surface area contributed by atoms with Crippen molar-refractivity contribution in [3.8, 4) is 5.75 Å². The maximum atomic E-state index is 12.3. The van der Waals surface area contributed by atoms with Crippen molar-refractivity contribution in [2.24, 2.45) is 0 Å². The number of methoxy groups -OCH3 is 1. The number of benzene rings is 1. The van der Waals surface area contributed by atoms with E-state index in [1.807, 2.05) is 36.6 Å². The van der Waals surface area contributed by atoms with E-state index in [2.05, 4.69) is 4.98 Å². The molecule has 1 atom stereocenters. The lowest BCUT2D eigenvalue weighted by Crippen LogP contribution is -2.31. The third-order valence-electron chi connectivity index (χ3n) is 3.47. The number of nitrogens with two attached hydrogens (primary N) is 1. The minimum atomic E-state index is -0.0790. The predicted molar refractivity (Wildman–Crippen MR) is 84.4 cm³/mol. The second-order valence-electron chi connectivity index (χ2n) is 4.78. The van der Waals surface area contributed by atoms with Gasteiger partial charge in [-0.1, -0.05) is 18.2 Å². The number of carbonyl (C=O) groups is 1. The van der Waals surface area contributed by atoms with Gasteiger partial charge in [0.05, 0.1) is 25.3 Å². The van der Waals surface area contributed by atoms with Crippen LogP contribution in [0.25, 0.3) is 0 Å². The molecule has 2 N–H and O–H groups in total. The summed E-state index contributed by atoms with van der Waals surface area (Å²) in [6.45, 7) is 1.98. The lowest BCUT2D eigenvalue weighted by atomic mass is 10.1. The Balaban J connectivity index is 2.11. The number of hydrogen-bond donors (Lipinski definition) is 1. The maximum Gasteiger partial charge on any atom is 0.228 e. The van der Waals surface area contributed by atoms with Gasteiger partial charge < -0.3 is 15.4 Å². The number of hydrogen-bond acceptors (Lipinski definition) is 5. The molecule has 1 aromatic carbocycles. The lowest BCUT2D eigenvalue weighted by molar-refractivity contribution is -0.131. The molecule has 0 radical (unpaired) electrons. The molecule has 0 saturated heterocycles. The van der Waals surface area contributed by atoms with Crippen LogP contribution in [0.4, 0.5) is 5.13 Å². The van der Waals surface area contributed by atoms with Crippen LogP contribution in [0, 0.1) is 0 Å². The fraction of sp³-hybridized carbons (Fsp3) is 0.333. The van der Waals surface area contributed by atoms with Gasteiger partial charge in [0.15, 0.2) is 5.13 Å². The molecule has 2 rings (SSSR count). The molecule has 0 aliphatic carbocycles. The van der Waals surface area contributed by atoms with Crippen molar-refractivity contribution < 1.29 is 9.53 Å². The van der Waals surface area contributed by atoms with E-state index in [1.165, 1.54) is 11.3 Å². The van der Waals surface area contributed by atoms with E-state index >= 15 is 0 Å². The van der Waals surface area contributed by atoms with E-state index in [0.717, 1.165) is 11.3 Å². The summed E-state index contributed by atoms with van der Waals surface area (Å²) in [5, 5.41) is 2.30. The van der Waals surface area contributed by atoms with Crippen molar-refractivity contribution in [2.75, 3.05) is 19.9 Å². The number of ether oxygens (including phenoxy) is 1. The topological polar surface area (TPSA) is 68.5 Å². The molecule has 1 amide bonds. The van der Waals surface area contributed by atoms with Crippen molar-refractivity contribution in [1.82, 2.24) is 9.88 Å². The van der Waals surface area contributed by atoms with Gasteiger partial charge in [-0.15, -0.1) is 11.3 Å². The number of likely N-dealkylation sites (N-methyl/N-ethyl adjacent to an activating group) is 1. The van der Waals surface area contributed by atoms with Gasteiger partial charge in [-0.2, -0.15) is 0 Å². The van der Waals surface area contributed by atoms with E-state index in [9.17, 15) is 4.79 Å². The van der Waals surface area contributed by atoms with Gasteiger partial charge in [0.25, 0.3) is 0 Å². The molecule has 1 heterocycles. The number of aromatic nitrogens is 1. The highest BCUT2D eigenvalue weighted by Crippen LogP contribution is 2.28. The summed E-state index contributed by atoms with van der Waals surface area (Å²) in [7, 11) is 3.42. The Morgan fingerprint density at radius 3 is 2.81 bits per heavy atom. The smallest absolute Gasteiger partial charge is 0.228 e. The molecule has 6 heteroatoms. The molecule has 0 fully saturated rings. The number of rotatable bonds is 5. The molecular formula is C15H19N3O2S. The molecule has 112 valence electrons. The maximum absolute atomic E-state index is 12.3. The first-order valence-electron chi connectivity index (χ1n) is 6.61. The number of amides is 1. The zero-order chi connectivity index (χ0) is 15.4. The van der Waals surface area contributed by atoms with Gasteiger partial charge >= 0.3 is 0 Å². The number of carbonyl (C=O) groups excluding carboxylic acids is 1. The van der Waals surface area contributed by atoms with E-state index < -0.39 is 0 Å². The van der Waals surface area contributed by atoms with Crippen LogP contribution in [0.5, 0.6) is 5.75 Å². The van der Waals surface area contributed by atoms with Crippen molar-refractivity contribution in [3.05, 3.63) is 40.9 Å². The van der Waals surface area contributed by atoms with Crippen molar-refractivity contribution >= 4 is 22.4 Å². The number of nitrogen functional groups attached to an aromatic ring is 1. The van der Waals surface area contributed by atoms with Crippen LogP contribution in [0.2, 0.25) is 0 Å². The number of para-hydroxylation sites is 1. The molecule has 0 aliphatic rings. The largest absolute Gasteiger partial charge is 0.496 e. The molecule has 0 saturated carbocycles. The lowest BCUT2D eigenvalue weighted by Gasteiger charge is -2.26. The van der Waals surface area contributed by atoms with Crippen LogP contribution in [0.15, 0.2) is 29.6 Å². The fourth-order valence-corrected chi connectivity index (χ4v) is 2.68. The number of nitrogens with zero attached hydrogens (tertiary/aromatic N) is 2. The first kappa shape index (κ1) is 15.3. The second-order valence-corrected chi connectivity index (χ2v) is 5.67. The first-order chi connectivity index (χ1) is 10.0. The molecule has 5 nitrogen and oxygen atoms in total. The van der Waals surface area contributed by atoms with Gasteiger partial charge in [0, 0.05) is 18.0 Å². The van der Waals surface area contributed by atoms with Crippen molar-refractivity contribution in [2.45, 2.75) is 19.4 Å².